The zero-order valence-electron chi connectivity index (χ0n) is 13.7. The molecule has 0 bridgehead atoms. The monoisotopic (exact) mass is 357 g/mol. The van der Waals surface area contributed by atoms with Gasteiger partial charge in [0.05, 0.1) is 12.7 Å². The Morgan fingerprint density at radius 2 is 1.72 bits per heavy atom. The maximum Gasteiger partial charge on any atom is 0.231 e. The molecule has 4 rings (SSSR count). The highest BCUT2D eigenvalue weighted by Crippen LogP contribution is 2.32. The number of nitrogens with zero attached hydrogens (tertiary/aromatic N) is 2. The number of ether oxygens (including phenoxy) is 2. The van der Waals surface area contributed by atoms with Gasteiger partial charge in [0, 0.05) is 24.8 Å². The van der Waals surface area contributed by atoms with Crippen LogP contribution in [0.4, 0.5) is 0 Å². The molecule has 0 atom stereocenters. The number of rotatable bonds is 6. The van der Waals surface area contributed by atoms with E-state index in [0.29, 0.717) is 6.79 Å². The molecule has 6 heteroatoms. The molecule has 0 fully saturated rings. The largest absolute Gasteiger partial charge is 0.454 e. The summed E-state index contributed by atoms with van der Waals surface area (Å²) in [5.41, 5.74) is 3.60. The quantitative estimate of drug-likeness (QED) is 0.734. The Hall–Kier alpha value is -2.50. The molecular weight excluding hydrogens is 338 g/mol. The highest BCUT2D eigenvalue weighted by atomic mass is 35.5. The minimum absolute atomic E-state index is 0. The van der Waals surface area contributed by atoms with E-state index in [1.807, 2.05) is 41.2 Å². The molecule has 0 amide bonds. The van der Waals surface area contributed by atoms with Gasteiger partial charge in [0.2, 0.25) is 6.79 Å². The summed E-state index contributed by atoms with van der Waals surface area (Å²) in [6, 6.07) is 16.4. The minimum Gasteiger partial charge on any atom is -0.454 e. The molecule has 0 spiro atoms. The van der Waals surface area contributed by atoms with Gasteiger partial charge in [0.25, 0.3) is 0 Å². The molecule has 2 heterocycles. The third-order valence-corrected chi connectivity index (χ3v) is 3.97. The molecule has 0 unspecified atom stereocenters. The van der Waals surface area contributed by atoms with Crippen molar-refractivity contribution in [2.45, 2.75) is 19.6 Å². The second-order valence-electron chi connectivity index (χ2n) is 5.82. The molecule has 0 saturated carbocycles. The Labute approximate surface area is 153 Å². The van der Waals surface area contributed by atoms with Gasteiger partial charge < -0.3 is 14.8 Å². The maximum atomic E-state index is 5.40. The van der Waals surface area contributed by atoms with Crippen molar-refractivity contribution in [2.24, 2.45) is 0 Å². The van der Waals surface area contributed by atoms with E-state index in [1.54, 1.807) is 0 Å². The van der Waals surface area contributed by atoms with Crippen LogP contribution in [0.5, 0.6) is 11.5 Å². The average molecular weight is 358 g/mol. The van der Waals surface area contributed by atoms with Crippen molar-refractivity contribution in [3.63, 3.8) is 0 Å². The van der Waals surface area contributed by atoms with E-state index in [-0.39, 0.29) is 12.4 Å². The number of hydrogen-bond donors (Lipinski definition) is 1. The summed E-state index contributed by atoms with van der Waals surface area (Å²) < 4.78 is 12.7. The number of aromatic nitrogens is 2. The molecule has 5 nitrogen and oxygen atoms in total. The van der Waals surface area contributed by atoms with Crippen LogP contribution >= 0.6 is 12.4 Å². The Bertz CT molecular complexity index is 821. The van der Waals surface area contributed by atoms with Crippen molar-refractivity contribution < 1.29 is 9.47 Å². The summed E-state index contributed by atoms with van der Waals surface area (Å²) in [6.07, 6.45) is 4.00. The summed E-state index contributed by atoms with van der Waals surface area (Å²) >= 11 is 0. The van der Waals surface area contributed by atoms with Gasteiger partial charge in [-0.25, -0.2) is 0 Å². The second-order valence-corrected chi connectivity index (χ2v) is 5.82. The van der Waals surface area contributed by atoms with Crippen LogP contribution in [0.2, 0.25) is 0 Å². The van der Waals surface area contributed by atoms with Crippen LogP contribution in [-0.2, 0) is 19.6 Å². The summed E-state index contributed by atoms with van der Waals surface area (Å²) in [7, 11) is 0. The fourth-order valence-corrected chi connectivity index (χ4v) is 2.76. The van der Waals surface area contributed by atoms with Gasteiger partial charge in [0.15, 0.2) is 11.5 Å². The van der Waals surface area contributed by atoms with Gasteiger partial charge >= 0.3 is 0 Å². The predicted molar refractivity (Wildman–Crippen MR) is 98.1 cm³/mol. The number of nitrogens with one attached hydrogen (secondary N) is 1. The van der Waals surface area contributed by atoms with E-state index in [9.17, 15) is 0 Å². The van der Waals surface area contributed by atoms with E-state index in [1.165, 1.54) is 16.7 Å². The number of halogens is 1. The van der Waals surface area contributed by atoms with Crippen molar-refractivity contribution >= 4 is 12.4 Å². The van der Waals surface area contributed by atoms with E-state index >= 15 is 0 Å². The van der Waals surface area contributed by atoms with E-state index in [2.05, 4.69) is 34.8 Å². The normalized spacial score (nSPS) is 12.0. The van der Waals surface area contributed by atoms with Crippen LogP contribution in [0.25, 0.3) is 0 Å². The van der Waals surface area contributed by atoms with Crippen molar-refractivity contribution in [1.29, 1.82) is 0 Å². The van der Waals surface area contributed by atoms with E-state index in [0.717, 1.165) is 31.1 Å². The molecule has 3 aromatic rings. The number of benzene rings is 2. The van der Waals surface area contributed by atoms with Gasteiger partial charge in [-0.15, -0.1) is 12.4 Å². The summed E-state index contributed by atoms with van der Waals surface area (Å²) in [5, 5.41) is 7.86. The second kappa shape index (κ2) is 8.05. The van der Waals surface area contributed by atoms with Gasteiger partial charge in [-0.05, 0) is 23.3 Å². The molecule has 1 aliphatic rings. The molecule has 0 aliphatic carbocycles. The first-order chi connectivity index (χ1) is 11.9. The molecular formula is C19H20ClN3O2. The lowest BCUT2D eigenvalue weighted by molar-refractivity contribution is 0.174. The van der Waals surface area contributed by atoms with Crippen molar-refractivity contribution in [1.82, 2.24) is 15.1 Å². The fraction of sp³-hybridized carbons (Fsp3) is 0.211. The van der Waals surface area contributed by atoms with Crippen LogP contribution in [0, 0.1) is 0 Å². The Morgan fingerprint density at radius 3 is 2.60 bits per heavy atom. The molecule has 25 heavy (non-hydrogen) atoms. The third kappa shape index (κ3) is 4.32. The Balaban J connectivity index is 0.00000182. The standard InChI is InChI=1S/C19H19N3O2.ClH/c1-2-4-15(5-3-1)12-22-13-17(11-21-22)10-20-9-16-6-7-18-19(8-16)24-14-23-18;/h1-8,11,13,20H,9-10,12,14H2;1H. The van der Waals surface area contributed by atoms with Gasteiger partial charge in [-0.1, -0.05) is 36.4 Å². The SMILES string of the molecule is Cl.c1ccc(Cn2cc(CNCc3ccc4c(c3)OCO4)cn2)cc1. The van der Waals surface area contributed by atoms with Crippen molar-refractivity contribution in [2.75, 3.05) is 6.79 Å². The average Bonchev–Trinajstić information content (AvgIpc) is 3.25. The number of hydrogen-bond acceptors (Lipinski definition) is 4. The molecule has 1 aromatic heterocycles. The first kappa shape index (κ1) is 17.3. The lowest BCUT2D eigenvalue weighted by Gasteiger charge is -2.05. The van der Waals surface area contributed by atoms with Crippen LogP contribution in [0.15, 0.2) is 60.9 Å². The lowest BCUT2D eigenvalue weighted by Crippen LogP contribution is -2.12. The van der Waals surface area contributed by atoms with E-state index < -0.39 is 0 Å². The van der Waals surface area contributed by atoms with Gasteiger partial charge in [0.1, 0.15) is 0 Å². The molecule has 2 aromatic carbocycles. The lowest BCUT2D eigenvalue weighted by atomic mass is 10.2. The first-order valence-corrected chi connectivity index (χ1v) is 8.01. The molecule has 0 radical (unpaired) electrons. The fourth-order valence-electron chi connectivity index (χ4n) is 2.76. The number of fused-ring (bicyclic) bond motifs is 1. The third-order valence-electron chi connectivity index (χ3n) is 3.97. The smallest absolute Gasteiger partial charge is 0.231 e. The Morgan fingerprint density at radius 1 is 0.920 bits per heavy atom. The van der Waals surface area contributed by atoms with Crippen LogP contribution in [0.1, 0.15) is 16.7 Å². The van der Waals surface area contributed by atoms with Crippen molar-refractivity contribution in [3.8, 4) is 11.5 Å². The first-order valence-electron chi connectivity index (χ1n) is 8.01. The highest BCUT2D eigenvalue weighted by Gasteiger charge is 2.12. The molecule has 1 N–H and O–H groups in total. The minimum atomic E-state index is 0. The van der Waals surface area contributed by atoms with E-state index in [4.69, 9.17) is 9.47 Å². The maximum absolute atomic E-state index is 5.40. The molecule has 130 valence electrons. The highest BCUT2D eigenvalue weighted by molar-refractivity contribution is 5.85. The van der Waals surface area contributed by atoms with Crippen LogP contribution < -0.4 is 14.8 Å². The summed E-state index contributed by atoms with van der Waals surface area (Å²) in [6.45, 7) is 2.67. The topological polar surface area (TPSA) is 48.3 Å². The van der Waals surface area contributed by atoms with Crippen molar-refractivity contribution in [3.05, 3.63) is 77.6 Å². The predicted octanol–water partition coefficient (Wildman–Crippen LogP) is 3.37. The van der Waals surface area contributed by atoms with Gasteiger partial charge in [-0.3, -0.25) is 4.68 Å². The zero-order chi connectivity index (χ0) is 16.2. The van der Waals surface area contributed by atoms with Crippen LogP contribution in [-0.4, -0.2) is 16.6 Å². The van der Waals surface area contributed by atoms with Gasteiger partial charge in [-0.2, -0.15) is 5.10 Å². The zero-order valence-corrected chi connectivity index (χ0v) is 14.5. The molecule has 0 saturated heterocycles. The Kier molecular flexibility index (Phi) is 5.58. The summed E-state index contributed by atoms with van der Waals surface area (Å²) in [5.74, 6) is 1.64. The molecule has 1 aliphatic heterocycles. The summed E-state index contributed by atoms with van der Waals surface area (Å²) in [4.78, 5) is 0. The van der Waals surface area contributed by atoms with Crippen LogP contribution in [0.3, 0.4) is 0 Å².